The van der Waals surface area contributed by atoms with Crippen LogP contribution < -0.4 is 0 Å². The molecule has 0 amide bonds. The Morgan fingerprint density at radius 1 is 1.07 bits per heavy atom. The molecule has 154 valence electrons. The minimum atomic E-state index is -0.590. The fraction of sp³-hybridized carbons (Fsp3) is 0.591. The lowest BCUT2D eigenvalue weighted by molar-refractivity contribution is -0.148. The van der Waals surface area contributed by atoms with Crippen LogP contribution in [0, 0.1) is 0 Å². The lowest BCUT2D eigenvalue weighted by Crippen LogP contribution is -2.46. The van der Waals surface area contributed by atoms with Crippen LogP contribution in [0.25, 0.3) is 0 Å². The molecule has 1 saturated heterocycles. The highest BCUT2D eigenvalue weighted by molar-refractivity contribution is 8.14. The highest BCUT2D eigenvalue weighted by Crippen LogP contribution is 2.37. The van der Waals surface area contributed by atoms with E-state index in [0.29, 0.717) is 5.71 Å². The average molecular weight is 413 g/mol. The van der Waals surface area contributed by atoms with Gasteiger partial charge in [0.25, 0.3) is 0 Å². The summed E-state index contributed by atoms with van der Waals surface area (Å²) in [4.78, 5) is 26.9. The monoisotopic (exact) mass is 412 g/mol. The quantitative estimate of drug-likeness (QED) is 0.699. The first-order valence-electron chi connectivity index (χ1n) is 10.7. The molecule has 0 N–H and O–H groups in total. The first-order chi connectivity index (χ1) is 14.1. The third kappa shape index (κ3) is 3.82. The topological polar surface area (TPSA) is 57.5 Å². The summed E-state index contributed by atoms with van der Waals surface area (Å²) in [6.07, 6.45) is 5.06. The number of carbonyl (C=O) groups excluding carboxylic acids is 1. The number of benzene rings is 1. The second-order valence-corrected chi connectivity index (χ2v) is 9.49. The summed E-state index contributed by atoms with van der Waals surface area (Å²) < 4.78 is 5.70. The molecule has 2 fully saturated rings. The van der Waals surface area contributed by atoms with Gasteiger partial charge in [-0.25, -0.2) is 9.79 Å². The fourth-order valence-electron chi connectivity index (χ4n) is 4.56. The number of esters is 1. The van der Waals surface area contributed by atoms with E-state index in [0.717, 1.165) is 63.2 Å². The van der Waals surface area contributed by atoms with E-state index in [1.807, 2.05) is 23.9 Å². The number of ether oxygens (including phenoxy) is 1. The van der Waals surface area contributed by atoms with Gasteiger partial charge in [0.1, 0.15) is 0 Å². The second-order valence-electron chi connectivity index (χ2n) is 8.51. The smallest absolute Gasteiger partial charge is 0.359 e. The van der Waals surface area contributed by atoms with Crippen molar-refractivity contribution in [3.8, 4) is 0 Å². The van der Waals surface area contributed by atoms with Crippen LogP contribution in [0.2, 0.25) is 0 Å². The Balaban J connectivity index is 1.29. The van der Waals surface area contributed by atoms with Crippen LogP contribution in [0.15, 0.2) is 34.3 Å². The number of carbonyl (C=O) groups is 1. The van der Waals surface area contributed by atoms with Crippen LogP contribution in [-0.4, -0.2) is 71.4 Å². The van der Waals surface area contributed by atoms with Gasteiger partial charge in [0.05, 0.1) is 6.04 Å². The van der Waals surface area contributed by atoms with E-state index in [4.69, 9.17) is 14.7 Å². The standard InChI is InChI=1S/C22H28N4O2S/c1-25-11-13-26(14-12-25)21-23-18(15-29-21)16-5-7-17(8-6-16)19-20(27)28-22(24-19)9-3-2-4-10-22/h5-8,18H,2-4,9-15H2,1H3. The van der Waals surface area contributed by atoms with Gasteiger partial charge in [0.15, 0.2) is 10.9 Å². The Bertz CT molecular complexity index is 837. The van der Waals surface area contributed by atoms with Crippen molar-refractivity contribution in [2.75, 3.05) is 39.0 Å². The van der Waals surface area contributed by atoms with Crippen molar-refractivity contribution < 1.29 is 9.53 Å². The molecular weight excluding hydrogens is 384 g/mol. The molecule has 3 heterocycles. The SMILES string of the molecule is CN1CCN(C2=NC(c3ccc(C4=NC5(CCCCC5)OC4=O)cc3)CS2)CC1. The molecule has 0 aromatic heterocycles. The lowest BCUT2D eigenvalue weighted by Gasteiger charge is -2.33. The Morgan fingerprint density at radius 3 is 2.52 bits per heavy atom. The van der Waals surface area contributed by atoms with E-state index in [1.165, 1.54) is 17.2 Å². The van der Waals surface area contributed by atoms with Crippen LogP contribution in [0.4, 0.5) is 0 Å². The minimum absolute atomic E-state index is 0.186. The Hall–Kier alpha value is -1.86. The van der Waals surface area contributed by atoms with Gasteiger partial charge in [0, 0.05) is 50.3 Å². The molecular formula is C22H28N4O2S. The molecule has 1 atom stereocenters. The van der Waals surface area contributed by atoms with Crippen LogP contribution in [-0.2, 0) is 9.53 Å². The van der Waals surface area contributed by atoms with Gasteiger partial charge in [-0.3, -0.25) is 4.99 Å². The summed E-state index contributed by atoms with van der Waals surface area (Å²) in [5, 5.41) is 1.18. The molecule has 3 aliphatic heterocycles. The number of rotatable bonds is 2. The number of likely N-dealkylation sites (N-methyl/N-ethyl adjacent to an activating group) is 1. The number of piperazine rings is 1. The maximum Gasteiger partial charge on any atom is 0.359 e. The molecule has 6 nitrogen and oxygen atoms in total. The van der Waals surface area contributed by atoms with Crippen LogP contribution in [0.1, 0.15) is 49.3 Å². The van der Waals surface area contributed by atoms with E-state index >= 15 is 0 Å². The maximum absolute atomic E-state index is 12.4. The van der Waals surface area contributed by atoms with Crippen LogP contribution >= 0.6 is 11.8 Å². The summed E-state index contributed by atoms with van der Waals surface area (Å²) in [6, 6.07) is 8.39. The van der Waals surface area contributed by atoms with E-state index in [9.17, 15) is 4.79 Å². The largest absolute Gasteiger partial charge is 0.432 e. The molecule has 4 aliphatic rings. The molecule has 0 radical (unpaired) electrons. The van der Waals surface area contributed by atoms with Gasteiger partial charge in [-0.15, -0.1) is 0 Å². The fourth-order valence-corrected chi connectivity index (χ4v) is 5.70. The second kappa shape index (κ2) is 7.76. The third-order valence-electron chi connectivity index (χ3n) is 6.41. The molecule has 7 heteroatoms. The first-order valence-corrected chi connectivity index (χ1v) is 11.7. The van der Waals surface area contributed by atoms with Crippen molar-refractivity contribution in [2.45, 2.75) is 43.9 Å². The van der Waals surface area contributed by atoms with Gasteiger partial charge in [-0.05, 0) is 25.5 Å². The van der Waals surface area contributed by atoms with Gasteiger partial charge in [0.2, 0.25) is 5.72 Å². The van der Waals surface area contributed by atoms with Gasteiger partial charge < -0.3 is 14.5 Å². The highest BCUT2D eigenvalue weighted by Gasteiger charge is 2.43. The third-order valence-corrected chi connectivity index (χ3v) is 7.51. The molecule has 1 spiro atoms. The average Bonchev–Trinajstić information content (AvgIpc) is 3.35. The first kappa shape index (κ1) is 19.1. The number of amidine groups is 1. The molecule has 1 aromatic carbocycles. The number of aliphatic imine (C=N–C) groups is 2. The molecule has 1 unspecified atom stereocenters. The zero-order valence-corrected chi connectivity index (χ0v) is 17.8. The normalized spacial score (nSPS) is 27.1. The van der Waals surface area contributed by atoms with Crippen LogP contribution in [0.5, 0.6) is 0 Å². The molecule has 1 aromatic rings. The predicted molar refractivity (Wildman–Crippen MR) is 117 cm³/mol. The highest BCUT2D eigenvalue weighted by atomic mass is 32.2. The van der Waals surface area contributed by atoms with Crippen molar-refractivity contribution >= 4 is 28.6 Å². The van der Waals surface area contributed by atoms with Crippen molar-refractivity contribution in [1.82, 2.24) is 9.80 Å². The van der Waals surface area contributed by atoms with Crippen molar-refractivity contribution in [3.05, 3.63) is 35.4 Å². The number of hydrogen-bond acceptors (Lipinski definition) is 7. The number of nitrogens with zero attached hydrogens (tertiary/aromatic N) is 4. The molecule has 5 rings (SSSR count). The Kier molecular flexibility index (Phi) is 5.12. The molecule has 0 bridgehead atoms. The zero-order chi connectivity index (χ0) is 19.8. The van der Waals surface area contributed by atoms with Crippen molar-refractivity contribution in [3.63, 3.8) is 0 Å². The van der Waals surface area contributed by atoms with Gasteiger partial charge >= 0.3 is 5.97 Å². The summed E-state index contributed by atoms with van der Waals surface area (Å²) in [7, 11) is 2.17. The summed E-state index contributed by atoms with van der Waals surface area (Å²) in [6.45, 7) is 4.30. The minimum Gasteiger partial charge on any atom is -0.432 e. The summed E-state index contributed by atoms with van der Waals surface area (Å²) in [5.41, 5.74) is 1.95. The Morgan fingerprint density at radius 2 is 1.79 bits per heavy atom. The maximum atomic E-state index is 12.4. The van der Waals surface area contributed by atoms with Crippen LogP contribution in [0.3, 0.4) is 0 Å². The number of thioether (sulfide) groups is 1. The Labute approximate surface area is 176 Å². The van der Waals surface area contributed by atoms with Crippen molar-refractivity contribution in [1.29, 1.82) is 0 Å². The number of hydrogen-bond donors (Lipinski definition) is 0. The van der Waals surface area contributed by atoms with Gasteiger partial charge in [-0.1, -0.05) is 42.4 Å². The predicted octanol–water partition coefficient (Wildman–Crippen LogP) is 3.08. The van der Waals surface area contributed by atoms with E-state index in [1.54, 1.807) is 0 Å². The summed E-state index contributed by atoms with van der Waals surface area (Å²) >= 11 is 1.86. The van der Waals surface area contributed by atoms with Gasteiger partial charge in [-0.2, -0.15) is 0 Å². The molecule has 1 aliphatic carbocycles. The molecule has 1 saturated carbocycles. The molecule has 29 heavy (non-hydrogen) atoms. The van der Waals surface area contributed by atoms with Crippen molar-refractivity contribution in [2.24, 2.45) is 9.98 Å². The van der Waals surface area contributed by atoms with E-state index in [2.05, 4.69) is 29.0 Å². The van der Waals surface area contributed by atoms with E-state index in [-0.39, 0.29) is 12.0 Å². The summed E-state index contributed by atoms with van der Waals surface area (Å²) in [5.74, 6) is 0.707. The zero-order valence-electron chi connectivity index (χ0n) is 17.0. The lowest BCUT2D eigenvalue weighted by atomic mass is 9.92. The van der Waals surface area contributed by atoms with E-state index < -0.39 is 5.72 Å².